The number of nitrogens with one attached hydrogen (secondary N) is 2. The van der Waals surface area contributed by atoms with E-state index in [0.29, 0.717) is 5.56 Å². The molecule has 14 heavy (non-hydrogen) atoms. The molecule has 0 saturated carbocycles. The number of hydrazine groups is 1. The Hall–Kier alpha value is -1.62. The zero-order valence-electron chi connectivity index (χ0n) is 8.08. The van der Waals surface area contributed by atoms with Crippen molar-refractivity contribution in [2.45, 2.75) is 13.3 Å². The average molecular weight is 194 g/mol. The van der Waals surface area contributed by atoms with Crippen molar-refractivity contribution in [1.82, 2.24) is 10.4 Å². The molecular weight excluding hydrogens is 180 g/mol. The second-order valence-electron chi connectivity index (χ2n) is 2.83. The van der Waals surface area contributed by atoms with Gasteiger partial charge in [0.1, 0.15) is 5.82 Å². The number of nitrogens with two attached hydrogens (primary N) is 1. The molecule has 0 unspecified atom stereocenters. The standard InChI is InChI=1S/C9H14N4O/c1-2-5-11-8-4-3-7(6-12-8)9(14)13-10/h3-4,6H,2,5,10H2,1H3,(H,11,12)(H,13,14). The number of nitrogen functional groups attached to an aromatic ring is 1. The minimum Gasteiger partial charge on any atom is -0.370 e. The quantitative estimate of drug-likeness (QED) is 0.370. The third-order valence-electron chi connectivity index (χ3n) is 1.71. The molecule has 0 fully saturated rings. The Morgan fingerprint density at radius 2 is 2.36 bits per heavy atom. The first-order valence-corrected chi connectivity index (χ1v) is 4.48. The second-order valence-corrected chi connectivity index (χ2v) is 2.83. The molecule has 1 aromatic heterocycles. The molecule has 1 amide bonds. The highest BCUT2D eigenvalue weighted by Crippen LogP contribution is 2.04. The molecule has 0 radical (unpaired) electrons. The molecule has 1 heterocycles. The number of carbonyl (C=O) groups is 1. The van der Waals surface area contributed by atoms with Crippen molar-refractivity contribution in [1.29, 1.82) is 0 Å². The van der Waals surface area contributed by atoms with Gasteiger partial charge in [-0.25, -0.2) is 10.8 Å². The van der Waals surface area contributed by atoms with Crippen LogP contribution in [0.25, 0.3) is 0 Å². The topological polar surface area (TPSA) is 80.0 Å². The molecule has 0 aromatic carbocycles. The van der Waals surface area contributed by atoms with Crippen LogP contribution in [0.1, 0.15) is 23.7 Å². The molecule has 4 N–H and O–H groups in total. The van der Waals surface area contributed by atoms with E-state index in [4.69, 9.17) is 5.84 Å². The molecule has 0 aliphatic heterocycles. The SMILES string of the molecule is CCCNc1ccc(C(=O)NN)cn1. The predicted octanol–water partition coefficient (Wildman–Crippen LogP) is 0.507. The Bertz CT molecular complexity index is 296. The number of nitrogens with zero attached hydrogens (tertiary/aromatic N) is 1. The van der Waals surface area contributed by atoms with Crippen molar-refractivity contribution in [3.05, 3.63) is 23.9 Å². The van der Waals surface area contributed by atoms with E-state index in [9.17, 15) is 4.79 Å². The van der Waals surface area contributed by atoms with E-state index in [1.165, 1.54) is 6.20 Å². The first-order valence-electron chi connectivity index (χ1n) is 4.48. The minimum absolute atomic E-state index is 0.334. The molecule has 0 aliphatic carbocycles. The van der Waals surface area contributed by atoms with Crippen LogP contribution in [0, 0.1) is 0 Å². The van der Waals surface area contributed by atoms with E-state index in [1.807, 2.05) is 5.43 Å². The molecule has 0 atom stereocenters. The van der Waals surface area contributed by atoms with Crippen LogP contribution in [0.5, 0.6) is 0 Å². The van der Waals surface area contributed by atoms with Crippen molar-refractivity contribution in [3.63, 3.8) is 0 Å². The van der Waals surface area contributed by atoms with Gasteiger partial charge in [0, 0.05) is 12.7 Å². The van der Waals surface area contributed by atoms with E-state index in [-0.39, 0.29) is 5.91 Å². The van der Waals surface area contributed by atoms with E-state index in [1.54, 1.807) is 12.1 Å². The maximum atomic E-state index is 11.0. The fourth-order valence-corrected chi connectivity index (χ4v) is 0.969. The summed E-state index contributed by atoms with van der Waals surface area (Å²) in [6.07, 6.45) is 2.52. The van der Waals surface area contributed by atoms with Gasteiger partial charge in [0.15, 0.2) is 0 Å². The summed E-state index contributed by atoms with van der Waals surface area (Å²) in [6.45, 7) is 2.94. The van der Waals surface area contributed by atoms with Crippen LogP contribution in [0.3, 0.4) is 0 Å². The summed E-state index contributed by atoms with van der Waals surface area (Å²) < 4.78 is 0. The van der Waals surface area contributed by atoms with Crippen LogP contribution >= 0.6 is 0 Å². The summed E-state index contributed by atoms with van der Waals surface area (Å²) in [5.74, 6) is 5.41. The molecular formula is C9H14N4O. The van der Waals surface area contributed by atoms with Crippen molar-refractivity contribution in [2.75, 3.05) is 11.9 Å². The third kappa shape index (κ3) is 2.70. The fraction of sp³-hybridized carbons (Fsp3) is 0.333. The molecule has 0 spiro atoms. The van der Waals surface area contributed by atoms with Gasteiger partial charge in [-0.3, -0.25) is 10.2 Å². The lowest BCUT2D eigenvalue weighted by atomic mass is 10.3. The van der Waals surface area contributed by atoms with Crippen LogP contribution in [0.4, 0.5) is 5.82 Å². The Morgan fingerprint density at radius 1 is 1.57 bits per heavy atom. The van der Waals surface area contributed by atoms with Crippen LogP contribution in [-0.4, -0.2) is 17.4 Å². The van der Waals surface area contributed by atoms with Crippen LogP contribution < -0.4 is 16.6 Å². The highest BCUT2D eigenvalue weighted by molar-refractivity contribution is 5.93. The van der Waals surface area contributed by atoms with E-state index in [0.717, 1.165) is 18.8 Å². The monoisotopic (exact) mass is 194 g/mol. The maximum Gasteiger partial charge on any atom is 0.266 e. The highest BCUT2D eigenvalue weighted by atomic mass is 16.2. The molecule has 76 valence electrons. The molecule has 1 rings (SSSR count). The molecule has 1 aromatic rings. The Balaban J connectivity index is 2.63. The second kappa shape index (κ2) is 5.18. The summed E-state index contributed by atoms with van der Waals surface area (Å²) in [5.41, 5.74) is 2.50. The maximum absolute atomic E-state index is 11.0. The Labute approximate surface area is 82.7 Å². The zero-order chi connectivity index (χ0) is 10.4. The van der Waals surface area contributed by atoms with E-state index >= 15 is 0 Å². The fourth-order valence-electron chi connectivity index (χ4n) is 0.969. The summed E-state index contributed by atoms with van der Waals surface area (Å²) in [4.78, 5) is 15.1. The lowest BCUT2D eigenvalue weighted by Gasteiger charge is -2.04. The van der Waals surface area contributed by atoms with Crippen molar-refractivity contribution >= 4 is 11.7 Å². The first-order chi connectivity index (χ1) is 6.77. The average Bonchev–Trinajstić information content (AvgIpc) is 2.26. The van der Waals surface area contributed by atoms with Crippen LogP contribution in [0.2, 0.25) is 0 Å². The van der Waals surface area contributed by atoms with Gasteiger partial charge < -0.3 is 5.32 Å². The molecule has 5 nitrogen and oxygen atoms in total. The summed E-state index contributed by atoms with van der Waals surface area (Å²) >= 11 is 0. The van der Waals surface area contributed by atoms with Gasteiger partial charge in [0.05, 0.1) is 5.56 Å². The van der Waals surface area contributed by atoms with Gasteiger partial charge in [-0.05, 0) is 18.6 Å². The van der Waals surface area contributed by atoms with Gasteiger partial charge in [0.25, 0.3) is 5.91 Å². The smallest absolute Gasteiger partial charge is 0.266 e. The Morgan fingerprint density at radius 3 is 2.86 bits per heavy atom. The van der Waals surface area contributed by atoms with Gasteiger partial charge in [-0.2, -0.15) is 0 Å². The van der Waals surface area contributed by atoms with E-state index in [2.05, 4.69) is 17.2 Å². The normalized spacial score (nSPS) is 9.57. The summed E-state index contributed by atoms with van der Waals surface area (Å²) in [5, 5.41) is 3.10. The van der Waals surface area contributed by atoms with Crippen molar-refractivity contribution in [3.8, 4) is 0 Å². The summed E-state index contributed by atoms with van der Waals surface area (Å²) in [7, 11) is 0. The number of carbonyl (C=O) groups excluding carboxylic acids is 1. The number of pyridine rings is 1. The summed E-state index contributed by atoms with van der Waals surface area (Å²) in [6, 6.07) is 3.42. The number of hydrogen-bond acceptors (Lipinski definition) is 4. The predicted molar refractivity (Wildman–Crippen MR) is 54.7 cm³/mol. The number of amides is 1. The van der Waals surface area contributed by atoms with Gasteiger partial charge in [-0.1, -0.05) is 6.92 Å². The first kappa shape index (κ1) is 10.5. The van der Waals surface area contributed by atoms with Gasteiger partial charge in [0.2, 0.25) is 0 Å². The van der Waals surface area contributed by atoms with Gasteiger partial charge in [-0.15, -0.1) is 0 Å². The third-order valence-corrected chi connectivity index (χ3v) is 1.71. The molecule has 0 saturated heterocycles. The number of aromatic nitrogens is 1. The van der Waals surface area contributed by atoms with E-state index < -0.39 is 0 Å². The van der Waals surface area contributed by atoms with Crippen molar-refractivity contribution < 1.29 is 4.79 Å². The Kier molecular flexibility index (Phi) is 3.87. The molecule has 0 bridgehead atoms. The lowest BCUT2D eigenvalue weighted by molar-refractivity contribution is 0.0953. The lowest BCUT2D eigenvalue weighted by Crippen LogP contribution is -2.30. The molecule has 5 heteroatoms. The number of hydrogen-bond donors (Lipinski definition) is 3. The number of rotatable bonds is 4. The van der Waals surface area contributed by atoms with Crippen molar-refractivity contribution in [2.24, 2.45) is 5.84 Å². The van der Waals surface area contributed by atoms with Gasteiger partial charge >= 0.3 is 0 Å². The van der Waals surface area contributed by atoms with Crippen LogP contribution in [-0.2, 0) is 0 Å². The largest absolute Gasteiger partial charge is 0.370 e. The number of anilines is 1. The molecule has 0 aliphatic rings. The highest BCUT2D eigenvalue weighted by Gasteiger charge is 2.02. The minimum atomic E-state index is -0.334. The van der Waals surface area contributed by atoms with Crippen LogP contribution in [0.15, 0.2) is 18.3 Å². The zero-order valence-corrected chi connectivity index (χ0v) is 8.08.